The quantitative estimate of drug-likeness (QED) is 0.320. The van der Waals surface area contributed by atoms with Crippen molar-refractivity contribution in [3.8, 4) is 0 Å². The highest BCUT2D eigenvalue weighted by atomic mass is 14.2. The molecule has 0 radical (unpaired) electrons. The molecule has 0 aliphatic carbocycles. The number of hydrogen-bond acceptors (Lipinski definition) is 0. The molecule has 0 aliphatic heterocycles. The van der Waals surface area contributed by atoms with E-state index in [-0.39, 0.29) is 0 Å². The highest BCUT2D eigenvalue weighted by Gasteiger charge is 2.14. The van der Waals surface area contributed by atoms with Gasteiger partial charge in [0.1, 0.15) is 0 Å². The average Bonchev–Trinajstić information content (AvgIpc) is 2.65. The first-order chi connectivity index (χ1) is 12.4. The standard InChI is InChI=1S/C25H38/c1-3-5-7-8-9-10-12-17-22(16-11-6-4-2)25-21-15-19-23-18-13-14-20-24(23)25/h13-15,18-22H,3-12,16-17H2,1-2H3. The van der Waals surface area contributed by atoms with Crippen LogP contribution in [0.4, 0.5) is 0 Å². The van der Waals surface area contributed by atoms with Crippen LogP contribution in [0.15, 0.2) is 42.5 Å². The lowest BCUT2D eigenvalue weighted by Crippen LogP contribution is -2.01. The third kappa shape index (κ3) is 6.84. The van der Waals surface area contributed by atoms with E-state index >= 15 is 0 Å². The number of rotatable bonds is 13. The first kappa shape index (κ1) is 20.0. The molecule has 0 fully saturated rings. The Hall–Kier alpha value is -1.30. The molecule has 2 aromatic rings. The van der Waals surface area contributed by atoms with E-state index in [1.165, 1.54) is 87.8 Å². The largest absolute Gasteiger partial charge is 0.0654 e. The molecule has 0 saturated carbocycles. The molecule has 25 heavy (non-hydrogen) atoms. The summed E-state index contributed by atoms with van der Waals surface area (Å²) in [7, 11) is 0. The Morgan fingerprint density at radius 3 is 1.92 bits per heavy atom. The third-order valence-corrected chi connectivity index (χ3v) is 5.58. The Kier molecular flexibility index (Phi) is 9.70. The molecular formula is C25H38. The second-order valence-electron chi connectivity index (χ2n) is 7.67. The van der Waals surface area contributed by atoms with E-state index in [2.05, 4.69) is 56.3 Å². The normalized spacial score (nSPS) is 12.6. The molecule has 0 heterocycles. The van der Waals surface area contributed by atoms with Gasteiger partial charge in [0.2, 0.25) is 0 Å². The Bertz CT molecular complexity index is 578. The fourth-order valence-electron chi connectivity index (χ4n) is 4.05. The number of fused-ring (bicyclic) bond motifs is 1. The van der Waals surface area contributed by atoms with Crippen LogP contribution in [0.3, 0.4) is 0 Å². The first-order valence-electron chi connectivity index (χ1n) is 10.8. The van der Waals surface area contributed by atoms with Gasteiger partial charge in [0.15, 0.2) is 0 Å². The lowest BCUT2D eigenvalue weighted by atomic mass is 9.85. The summed E-state index contributed by atoms with van der Waals surface area (Å²) in [6.07, 6.45) is 16.7. The lowest BCUT2D eigenvalue weighted by Gasteiger charge is -2.19. The van der Waals surface area contributed by atoms with Crippen molar-refractivity contribution >= 4 is 10.8 Å². The van der Waals surface area contributed by atoms with Gasteiger partial charge in [-0.05, 0) is 35.1 Å². The maximum Gasteiger partial charge on any atom is -0.0149 e. The second-order valence-corrected chi connectivity index (χ2v) is 7.67. The van der Waals surface area contributed by atoms with Crippen LogP contribution in [0, 0.1) is 0 Å². The Balaban J connectivity index is 1.95. The van der Waals surface area contributed by atoms with E-state index in [0.717, 1.165) is 5.92 Å². The SMILES string of the molecule is CCCCCCCCCC(CCCCC)c1cccc2ccccc12. The van der Waals surface area contributed by atoms with Crippen molar-refractivity contribution in [1.82, 2.24) is 0 Å². The van der Waals surface area contributed by atoms with Crippen LogP contribution in [0.1, 0.15) is 102 Å². The van der Waals surface area contributed by atoms with E-state index in [4.69, 9.17) is 0 Å². The minimum absolute atomic E-state index is 0.744. The molecule has 1 atom stereocenters. The highest BCUT2D eigenvalue weighted by molar-refractivity contribution is 5.86. The molecule has 138 valence electrons. The van der Waals surface area contributed by atoms with Gasteiger partial charge in [-0.15, -0.1) is 0 Å². The molecule has 0 spiro atoms. The summed E-state index contributed by atoms with van der Waals surface area (Å²) in [5, 5.41) is 2.88. The van der Waals surface area contributed by atoms with Crippen LogP contribution in [-0.2, 0) is 0 Å². The zero-order chi connectivity index (χ0) is 17.7. The van der Waals surface area contributed by atoms with E-state index in [0.29, 0.717) is 0 Å². The molecular weight excluding hydrogens is 300 g/mol. The molecule has 0 aromatic heterocycles. The zero-order valence-corrected chi connectivity index (χ0v) is 16.6. The zero-order valence-electron chi connectivity index (χ0n) is 16.6. The summed E-state index contributed by atoms with van der Waals surface area (Å²) in [5.41, 5.74) is 1.60. The van der Waals surface area contributed by atoms with E-state index in [1.807, 2.05) is 0 Å². The monoisotopic (exact) mass is 338 g/mol. The van der Waals surface area contributed by atoms with Crippen LogP contribution in [0.5, 0.6) is 0 Å². The fraction of sp³-hybridized carbons (Fsp3) is 0.600. The average molecular weight is 339 g/mol. The predicted octanol–water partition coefficient (Wildman–Crippen LogP) is 8.64. The molecule has 0 saturated heterocycles. The molecule has 0 amide bonds. The van der Waals surface area contributed by atoms with Crippen molar-refractivity contribution in [1.29, 1.82) is 0 Å². The lowest BCUT2D eigenvalue weighted by molar-refractivity contribution is 0.495. The summed E-state index contributed by atoms with van der Waals surface area (Å²) in [6.45, 7) is 4.61. The van der Waals surface area contributed by atoms with Crippen LogP contribution in [0.2, 0.25) is 0 Å². The van der Waals surface area contributed by atoms with Crippen molar-refractivity contribution in [3.63, 3.8) is 0 Å². The molecule has 0 heteroatoms. The van der Waals surface area contributed by atoms with Crippen molar-refractivity contribution in [2.24, 2.45) is 0 Å². The summed E-state index contributed by atoms with van der Waals surface area (Å²) in [5.74, 6) is 0.744. The number of benzene rings is 2. The minimum atomic E-state index is 0.744. The van der Waals surface area contributed by atoms with Gasteiger partial charge in [0.05, 0.1) is 0 Å². The van der Waals surface area contributed by atoms with Crippen molar-refractivity contribution in [3.05, 3.63) is 48.0 Å². The van der Waals surface area contributed by atoms with E-state index in [1.54, 1.807) is 5.56 Å². The summed E-state index contributed by atoms with van der Waals surface area (Å²) in [6, 6.07) is 15.8. The summed E-state index contributed by atoms with van der Waals surface area (Å²) < 4.78 is 0. The Morgan fingerprint density at radius 1 is 0.600 bits per heavy atom. The van der Waals surface area contributed by atoms with Gasteiger partial charge >= 0.3 is 0 Å². The third-order valence-electron chi connectivity index (χ3n) is 5.58. The van der Waals surface area contributed by atoms with Gasteiger partial charge in [-0.3, -0.25) is 0 Å². The van der Waals surface area contributed by atoms with Crippen LogP contribution < -0.4 is 0 Å². The predicted molar refractivity (Wildman–Crippen MR) is 113 cm³/mol. The van der Waals surface area contributed by atoms with Crippen LogP contribution in [0.25, 0.3) is 10.8 Å². The van der Waals surface area contributed by atoms with Crippen molar-refractivity contribution in [2.45, 2.75) is 96.8 Å². The second kappa shape index (κ2) is 12.1. The fourth-order valence-corrected chi connectivity index (χ4v) is 4.05. The Labute approximate surface area is 156 Å². The van der Waals surface area contributed by atoms with Gasteiger partial charge in [0.25, 0.3) is 0 Å². The van der Waals surface area contributed by atoms with E-state index in [9.17, 15) is 0 Å². The van der Waals surface area contributed by atoms with Gasteiger partial charge in [0, 0.05) is 0 Å². The maximum absolute atomic E-state index is 2.39. The molecule has 2 aromatic carbocycles. The molecule has 0 bridgehead atoms. The summed E-state index contributed by atoms with van der Waals surface area (Å²) in [4.78, 5) is 0. The summed E-state index contributed by atoms with van der Waals surface area (Å²) >= 11 is 0. The van der Waals surface area contributed by atoms with Crippen molar-refractivity contribution in [2.75, 3.05) is 0 Å². The Morgan fingerprint density at radius 2 is 1.16 bits per heavy atom. The first-order valence-corrected chi connectivity index (χ1v) is 10.8. The van der Waals surface area contributed by atoms with Crippen LogP contribution >= 0.6 is 0 Å². The number of unbranched alkanes of at least 4 members (excludes halogenated alkanes) is 8. The van der Waals surface area contributed by atoms with Gasteiger partial charge in [-0.1, -0.05) is 121 Å². The molecule has 2 rings (SSSR count). The molecule has 0 N–H and O–H groups in total. The highest BCUT2D eigenvalue weighted by Crippen LogP contribution is 2.33. The maximum atomic E-state index is 2.39. The van der Waals surface area contributed by atoms with Crippen LogP contribution in [-0.4, -0.2) is 0 Å². The van der Waals surface area contributed by atoms with E-state index < -0.39 is 0 Å². The topological polar surface area (TPSA) is 0 Å². The van der Waals surface area contributed by atoms with Gasteiger partial charge < -0.3 is 0 Å². The number of hydrogen-bond donors (Lipinski definition) is 0. The van der Waals surface area contributed by atoms with Gasteiger partial charge in [-0.2, -0.15) is 0 Å². The van der Waals surface area contributed by atoms with Crippen molar-refractivity contribution < 1.29 is 0 Å². The minimum Gasteiger partial charge on any atom is -0.0654 e. The molecule has 0 nitrogen and oxygen atoms in total. The molecule has 1 unspecified atom stereocenters. The van der Waals surface area contributed by atoms with Gasteiger partial charge in [-0.25, -0.2) is 0 Å². The molecule has 0 aliphatic rings. The smallest absolute Gasteiger partial charge is 0.0149 e.